The minimum atomic E-state index is -1.56. The molecule has 0 aromatic carbocycles. The number of carbonyl (C=O) groups excluding carboxylic acids is 1. The van der Waals surface area contributed by atoms with E-state index in [0.29, 0.717) is 12.8 Å². The summed E-state index contributed by atoms with van der Waals surface area (Å²) in [5, 5.41) is 55.0. The second kappa shape index (κ2) is 61.5. The summed E-state index contributed by atoms with van der Waals surface area (Å²) in [5.41, 5.74) is 0. The molecule has 7 unspecified atom stereocenters. The SMILES string of the molecule is CCCCCCC/C=C\C/C=C\C/C=C\CCCCCCCCCCCCCCC(=O)NC(COC1OC(CO)C(O)C(O)C1O)C(O)CCCCCCCCCCCCCCCCCCCCCCCCCCCCCCCCC. The van der Waals surface area contributed by atoms with Crippen molar-refractivity contribution in [3.05, 3.63) is 36.5 Å². The fourth-order valence-corrected chi connectivity index (χ4v) is 11.6. The zero-order valence-electron chi connectivity index (χ0n) is 53.6. The Morgan fingerprint density at radius 3 is 1.07 bits per heavy atom. The number of nitrogens with one attached hydrogen (secondary N) is 1. The van der Waals surface area contributed by atoms with Crippen molar-refractivity contribution < 1.29 is 39.8 Å². The lowest BCUT2D eigenvalue weighted by Crippen LogP contribution is -2.60. The van der Waals surface area contributed by atoms with E-state index in [1.165, 1.54) is 283 Å². The minimum Gasteiger partial charge on any atom is -0.394 e. The number of hydrogen-bond acceptors (Lipinski definition) is 8. The molecule has 6 N–H and O–H groups in total. The van der Waals surface area contributed by atoms with Gasteiger partial charge in [0.05, 0.1) is 25.4 Å². The number of aliphatic hydroxyl groups is 5. The van der Waals surface area contributed by atoms with Crippen molar-refractivity contribution in [3.63, 3.8) is 0 Å². The largest absolute Gasteiger partial charge is 0.394 e. The molecular weight excluding hydrogens is 1010 g/mol. The molecule has 478 valence electrons. The summed E-state index contributed by atoms with van der Waals surface area (Å²) in [6.07, 6.45) is 75.0. The minimum absolute atomic E-state index is 0.136. The lowest BCUT2D eigenvalue weighted by molar-refractivity contribution is -0.302. The van der Waals surface area contributed by atoms with Gasteiger partial charge in [0.2, 0.25) is 5.91 Å². The molecule has 0 spiro atoms. The molecule has 1 aliphatic heterocycles. The number of rotatable bonds is 63. The Balaban J connectivity index is 2.11. The highest BCUT2D eigenvalue weighted by molar-refractivity contribution is 5.76. The fourth-order valence-electron chi connectivity index (χ4n) is 11.6. The van der Waals surface area contributed by atoms with Crippen LogP contribution in [-0.4, -0.2) is 87.5 Å². The average Bonchev–Trinajstić information content (AvgIpc) is 3.48. The molecule has 0 aliphatic carbocycles. The molecule has 1 heterocycles. The number of amides is 1. The van der Waals surface area contributed by atoms with E-state index in [2.05, 4.69) is 55.6 Å². The Hall–Kier alpha value is -1.59. The number of hydrogen-bond donors (Lipinski definition) is 6. The lowest BCUT2D eigenvalue weighted by Gasteiger charge is -2.40. The van der Waals surface area contributed by atoms with Gasteiger partial charge in [-0.05, 0) is 51.4 Å². The van der Waals surface area contributed by atoms with E-state index in [1.807, 2.05) is 0 Å². The number of allylic oxidation sites excluding steroid dienone is 6. The average molecular weight is 1140 g/mol. The Labute approximate surface area is 501 Å². The summed E-state index contributed by atoms with van der Waals surface area (Å²) in [5.74, 6) is -0.141. The summed E-state index contributed by atoms with van der Waals surface area (Å²) in [7, 11) is 0. The van der Waals surface area contributed by atoms with E-state index in [1.54, 1.807) is 0 Å². The highest BCUT2D eigenvalue weighted by Crippen LogP contribution is 2.24. The third-order valence-corrected chi connectivity index (χ3v) is 17.2. The Bertz CT molecular complexity index is 1370. The molecule has 9 nitrogen and oxygen atoms in total. The van der Waals surface area contributed by atoms with Gasteiger partial charge in [0.25, 0.3) is 0 Å². The molecule has 1 fully saturated rings. The third kappa shape index (κ3) is 50.3. The van der Waals surface area contributed by atoms with Crippen molar-refractivity contribution >= 4 is 5.91 Å². The molecule has 0 aromatic rings. The second-order valence-electron chi connectivity index (χ2n) is 25.0. The van der Waals surface area contributed by atoms with E-state index in [9.17, 15) is 30.3 Å². The molecule has 81 heavy (non-hydrogen) atoms. The Morgan fingerprint density at radius 1 is 0.420 bits per heavy atom. The zero-order chi connectivity index (χ0) is 58.6. The van der Waals surface area contributed by atoms with Crippen LogP contribution in [0.15, 0.2) is 36.5 Å². The first-order chi connectivity index (χ1) is 39.8. The van der Waals surface area contributed by atoms with Crippen LogP contribution in [0.2, 0.25) is 0 Å². The normalized spacial score (nSPS) is 18.5. The van der Waals surface area contributed by atoms with E-state index < -0.39 is 49.5 Å². The van der Waals surface area contributed by atoms with Crippen LogP contribution in [0.5, 0.6) is 0 Å². The molecule has 9 heteroatoms. The van der Waals surface area contributed by atoms with E-state index in [0.717, 1.165) is 51.4 Å². The third-order valence-electron chi connectivity index (χ3n) is 17.2. The van der Waals surface area contributed by atoms with E-state index in [-0.39, 0.29) is 12.5 Å². The Morgan fingerprint density at radius 2 is 0.728 bits per heavy atom. The molecule has 0 aromatic heterocycles. The topological polar surface area (TPSA) is 149 Å². The highest BCUT2D eigenvalue weighted by atomic mass is 16.7. The maximum atomic E-state index is 13.2. The van der Waals surface area contributed by atoms with Gasteiger partial charge in [-0.25, -0.2) is 0 Å². The lowest BCUT2D eigenvalue weighted by atomic mass is 9.99. The van der Waals surface area contributed by atoms with Crippen LogP contribution in [0.4, 0.5) is 0 Å². The summed E-state index contributed by atoms with van der Waals surface area (Å²) < 4.78 is 11.4. The quantitative estimate of drug-likeness (QED) is 0.0261. The molecule has 1 rings (SSSR count). The van der Waals surface area contributed by atoms with Gasteiger partial charge in [0, 0.05) is 6.42 Å². The molecule has 7 atom stereocenters. The van der Waals surface area contributed by atoms with Gasteiger partial charge in [0.1, 0.15) is 24.4 Å². The first-order valence-corrected chi connectivity index (χ1v) is 35.7. The maximum Gasteiger partial charge on any atom is 0.220 e. The molecule has 0 bridgehead atoms. The molecule has 0 radical (unpaired) electrons. The summed E-state index contributed by atoms with van der Waals surface area (Å²) in [6, 6.07) is -0.722. The fraction of sp³-hybridized carbons (Fsp3) is 0.903. The zero-order valence-corrected chi connectivity index (χ0v) is 53.6. The molecular formula is C72H137NO8. The number of ether oxygens (including phenoxy) is 2. The maximum absolute atomic E-state index is 13.2. The van der Waals surface area contributed by atoms with Gasteiger partial charge in [0.15, 0.2) is 6.29 Å². The van der Waals surface area contributed by atoms with Crippen LogP contribution in [0.3, 0.4) is 0 Å². The summed E-state index contributed by atoms with van der Waals surface area (Å²) in [6.45, 7) is 3.88. The van der Waals surface area contributed by atoms with Crippen LogP contribution in [0.25, 0.3) is 0 Å². The van der Waals surface area contributed by atoms with Gasteiger partial charge in [-0.15, -0.1) is 0 Å². The summed E-state index contributed by atoms with van der Waals surface area (Å²) in [4.78, 5) is 13.2. The van der Waals surface area contributed by atoms with Crippen LogP contribution >= 0.6 is 0 Å². The van der Waals surface area contributed by atoms with Gasteiger partial charge < -0.3 is 40.3 Å². The standard InChI is InChI=1S/C72H137NO8/c1-3-5-7-9-11-13-15-17-19-21-23-25-27-29-31-32-33-34-36-37-39-41-43-45-47-49-51-53-55-57-59-61-66(75)65(64-80-72-71(79)70(78)69(77)67(63-74)81-72)73-68(76)62-60-58-56-54-52-50-48-46-44-42-40-38-35-30-28-26-24-22-20-18-16-14-12-10-8-6-4-2/h16,18,22,24,28,30,65-67,69-72,74-75,77-79H,3-15,17,19-21,23,25-27,29,31-64H2,1-2H3,(H,73,76)/b18-16-,24-22-,30-28-. The molecule has 1 amide bonds. The number of carbonyl (C=O) groups is 1. The van der Waals surface area contributed by atoms with Crippen LogP contribution in [0.1, 0.15) is 361 Å². The van der Waals surface area contributed by atoms with Crippen molar-refractivity contribution in [2.75, 3.05) is 13.2 Å². The van der Waals surface area contributed by atoms with Gasteiger partial charge >= 0.3 is 0 Å². The second-order valence-corrected chi connectivity index (χ2v) is 25.0. The van der Waals surface area contributed by atoms with Crippen LogP contribution < -0.4 is 5.32 Å². The number of unbranched alkanes of at least 4 members (excludes halogenated alkanes) is 47. The molecule has 1 aliphatic rings. The van der Waals surface area contributed by atoms with Crippen molar-refractivity contribution in [3.8, 4) is 0 Å². The van der Waals surface area contributed by atoms with Gasteiger partial charge in [-0.3, -0.25) is 4.79 Å². The van der Waals surface area contributed by atoms with Crippen molar-refractivity contribution in [2.45, 2.75) is 403 Å². The van der Waals surface area contributed by atoms with Gasteiger partial charge in [-0.1, -0.05) is 339 Å². The van der Waals surface area contributed by atoms with Gasteiger partial charge in [-0.2, -0.15) is 0 Å². The Kier molecular flexibility index (Phi) is 58.8. The van der Waals surface area contributed by atoms with Crippen LogP contribution in [0, 0.1) is 0 Å². The monoisotopic (exact) mass is 1140 g/mol. The van der Waals surface area contributed by atoms with Crippen LogP contribution in [-0.2, 0) is 14.3 Å². The first-order valence-electron chi connectivity index (χ1n) is 35.7. The van der Waals surface area contributed by atoms with Crippen molar-refractivity contribution in [1.82, 2.24) is 5.32 Å². The predicted octanol–water partition coefficient (Wildman–Crippen LogP) is 19.4. The smallest absolute Gasteiger partial charge is 0.220 e. The molecule has 1 saturated heterocycles. The van der Waals surface area contributed by atoms with Crippen molar-refractivity contribution in [1.29, 1.82) is 0 Å². The van der Waals surface area contributed by atoms with E-state index in [4.69, 9.17) is 9.47 Å². The van der Waals surface area contributed by atoms with Crippen molar-refractivity contribution in [2.24, 2.45) is 0 Å². The predicted molar refractivity (Wildman–Crippen MR) is 346 cm³/mol. The number of aliphatic hydroxyl groups excluding tert-OH is 5. The molecule has 0 saturated carbocycles. The summed E-state index contributed by atoms with van der Waals surface area (Å²) >= 11 is 0. The van der Waals surface area contributed by atoms with E-state index >= 15 is 0 Å². The highest BCUT2D eigenvalue weighted by Gasteiger charge is 2.44. The first kappa shape index (κ1) is 77.4.